The first kappa shape index (κ1) is 13.8. The third kappa shape index (κ3) is 3.21. The first-order chi connectivity index (χ1) is 9.09. The number of benzene rings is 1. The number of aromatic carboxylic acids is 1. The average Bonchev–Trinajstić information content (AvgIpc) is 2.74. The van der Waals surface area contributed by atoms with E-state index in [2.05, 4.69) is 21.0 Å². The number of carbonyl (C=O) groups is 1. The summed E-state index contributed by atoms with van der Waals surface area (Å²) in [5.74, 6) is -0.993. The van der Waals surface area contributed by atoms with Gasteiger partial charge >= 0.3 is 5.97 Å². The quantitative estimate of drug-likeness (QED) is 0.918. The van der Waals surface area contributed by atoms with Crippen LogP contribution in [0.3, 0.4) is 0 Å². The molecule has 0 aliphatic rings. The Labute approximate surface area is 118 Å². The van der Waals surface area contributed by atoms with Crippen LogP contribution in [0.2, 0.25) is 0 Å². The molecule has 1 N–H and O–H groups in total. The van der Waals surface area contributed by atoms with Crippen molar-refractivity contribution in [2.75, 3.05) is 0 Å². The van der Waals surface area contributed by atoms with Gasteiger partial charge in [0.2, 0.25) is 0 Å². The van der Waals surface area contributed by atoms with Gasteiger partial charge in [-0.1, -0.05) is 34.1 Å². The van der Waals surface area contributed by atoms with Gasteiger partial charge in [-0.2, -0.15) is 5.10 Å². The molecule has 0 saturated carbocycles. The first-order valence-corrected chi connectivity index (χ1v) is 6.44. The Kier molecular flexibility index (Phi) is 4.34. The van der Waals surface area contributed by atoms with E-state index in [9.17, 15) is 4.79 Å². The number of nitrogens with zero attached hydrogens (tertiary/aromatic N) is 2. The second-order valence-electron chi connectivity index (χ2n) is 4.02. The highest BCUT2D eigenvalue weighted by Crippen LogP contribution is 2.17. The number of halogens is 1. The number of hydrogen-bond acceptors (Lipinski definition) is 3. The highest BCUT2D eigenvalue weighted by atomic mass is 79.9. The van der Waals surface area contributed by atoms with E-state index in [0.29, 0.717) is 12.3 Å². The molecule has 1 aromatic carbocycles. The monoisotopic (exact) mass is 324 g/mol. The molecule has 2 aromatic rings. The molecule has 1 heterocycles. The number of rotatable bonds is 5. The fourth-order valence-corrected chi connectivity index (χ4v) is 2.09. The molecular weight excluding hydrogens is 312 g/mol. The van der Waals surface area contributed by atoms with Crippen LogP contribution in [0.1, 0.15) is 21.6 Å². The van der Waals surface area contributed by atoms with Crippen molar-refractivity contribution in [1.29, 1.82) is 0 Å². The Bertz CT molecular complexity index is 595. The van der Waals surface area contributed by atoms with E-state index in [4.69, 9.17) is 9.84 Å². The summed E-state index contributed by atoms with van der Waals surface area (Å²) in [6.45, 7) is 0.616. The van der Waals surface area contributed by atoms with E-state index >= 15 is 0 Å². The zero-order valence-corrected chi connectivity index (χ0v) is 11.9. The van der Waals surface area contributed by atoms with Gasteiger partial charge in [0, 0.05) is 11.5 Å². The van der Waals surface area contributed by atoms with Crippen LogP contribution < -0.4 is 0 Å². The van der Waals surface area contributed by atoms with Crippen molar-refractivity contribution >= 4 is 21.9 Å². The number of ether oxygens (including phenoxy) is 1. The molecule has 5 nitrogen and oxygen atoms in total. The van der Waals surface area contributed by atoms with Crippen LogP contribution in [0, 0.1) is 0 Å². The first-order valence-electron chi connectivity index (χ1n) is 5.65. The van der Waals surface area contributed by atoms with Crippen LogP contribution in [-0.2, 0) is 25.0 Å². The molecule has 0 radical (unpaired) electrons. The highest BCUT2D eigenvalue weighted by molar-refractivity contribution is 9.10. The van der Waals surface area contributed by atoms with Crippen LogP contribution >= 0.6 is 15.9 Å². The average molecular weight is 325 g/mol. The largest absolute Gasteiger partial charge is 0.478 e. The third-order valence-electron chi connectivity index (χ3n) is 2.75. The Morgan fingerprint density at radius 2 is 2.16 bits per heavy atom. The molecule has 100 valence electrons. The van der Waals surface area contributed by atoms with Gasteiger partial charge in [-0.15, -0.1) is 0 Å². The van der Waals surface area contributed by atoms with Gasteiger partial charge in [0.1, 0.15) is 5.56 Å². The molecule has 0 bridgehead atoms. The van der Waals surface area contributed by atoms with Crippen LogP contribution in [0.5, 0.6) is 0 Å². The maximum Gasteiger partial charge on any atom is 0.339 e. The number of carboxylic acid groups (broad SMARTS) is 1. The number of hydrogen-bond donors (Lipinski definition) is 1. The van der Waals surface area contributed by atoms with Gasteiger partial charge in [-0.3, -0.25) is 4.68 Å². The number of aryl methyl sites for hydroxylation is 1. The Morgan fingerprint density at radius 1 is 1.42 bits per heavy atom. The fraction of sp³-hybridized carbons (Fsp3) is 0.231. The molecule has 0 unspecified atom stereocenters. The molecule has 19 heavy (non-hydrogen) atoms. The summed E-state index contributed by atoms with van der Waals surface area (Å²) in [5, 5.41) is 13.0. The topological polar surface area (TPSA) is 64.4 Å². The second kappa shape index (κ2) is 5.99. The van der Waals surface area contributed by atoms with E-state index in [-0.39, 0.29) is 12.2 Å². The maximum absolute atomic E-state index is 11.0. The smallest absolute Gasteiger partial charge is 0.339 e. The van der Waals surface area contributed by atoms with Crippen molar-refractivity contribution in [3.63, 3.8) is 0 Å². The third-order valence-corrected chi connectivity index (χ3v) is 3.52. The molecule has 0 amide bonds. The molecule has 0 atom stereocenters. The lowest BCUT2D eigenvalue weighted by atomic mass is 10.2. The van der Waals surface area contributed by atoms with E-state index in [1.165, 1.54) is 10.9 Å². The molecule has 0 saturated heterocycles. The zero-order valence-electron chi connectivity index (χ0n) is 10.3. The van der Waals surface area contributed by atoms with Gasteiger partial charge in [-0.05, 0) is 11.6 Å². The van der Waals surface area contributed by atoms with Gasteiger partial charge < -0.3 is 9.84 Å². The Morgan fingerprint density at radius 3 is 2.84 bits per heavy atom. The summed E-state index contributed by atoms with van der Waals surface area (Å²) in [6.07, 6.45) is 1.33. The predicted octanol–water partition coefficient (Wildman–Crippen LogP) is 2.60. The van der Waals surface area contributed by atoms with Crippen molar-refractivity contribution in [3.05, 3.63) is 51.8 Å². The van der Waals surface area contributed by atoms with E-state index in [0.717, 1.165) is 10.0 Å². The van der Waals surface area contributed by atoms with Crippen molar-refractivity contribution in [2.45, 2.75) is 13.2 Å². The molecule has 0 fully saturated rings. The van der Waals surface area contributed by atoms with Crippen LogP contribution in [-0.4, -0.2) is 20.9 Å². The van der Waals surface area contributed by atoms with E-state index < -0.39 is 5.97 Å². The van der Waals surface area contributed by atoms with Crippen molar-refractivity contribution in [1.82, 2.24) is 9.78 Å². The summed E-state index contributed by atoms with van der Waals surface area (Å²) in [7, 11) is 1.70. The molecule has 0 aliphatic carbocycles. The summed E-state index contributed by atoms with van der Waals surface area (Å²) < 4.78 is 8.05. The van der Waals surface area contributed by atoms with Crippen molar-refractivity contribution in [3.8, 4) is 0 Å². The molecule has 0 spiro atoms. The van der Waals surface area contributed by atoms with E-state index in [1.807, 2.05) is 24.3 Å². The van der Waals surface area contributed by atoms with Crippen LogP contribution in [0.25, 0.3) is 0 Å². The predicted molar refractivity (Wildman–Crippen MR) is 72.8 cm³/mol. The lowest BCUT2D eigenvalue weighted by Crippen LogP contribution is -2.07. The minimum absolute atomic E-state index is 0.176. The molecule has 1 aromatic heterocycles. The number of aromatic nitrogens is 2. The van der Waals surface area contributed by atoms with Crippen molar-refractivity contribution in [2.24, 2.45) is 7.05 Å². The van der Waals surface area contributed by atoms with Gasteiger partial charge in [0.25, 0.3) is 0 Å². The molecule has 6 heteroatoms. The normalized spacial score (nSPS) is 10.6. The molecular formula is C13H13BrN2O3. The van der Waals surface area contributed by atoms with Gasteiger partial charge in [0.15, 0.2) is 0 Å². The summed E-state index contributed by atoms with van der Waals surface area (Å²) in [6, 6.07) is 7.74. The molecule has 2 rings (SSSR count). The van der Waals surface area contributed by atoms with Crippen LogP contribution in [0.15, 0.2) is 34.9 Å². The van der Waals surface area contributed by atoms with Crippen molar-refractivity contribution < 1.29 is 14.6 Å². The lowest BCUT2D eigenvalue weighted by molar-refractivity contribution is 0.0681. The SMILES string of the molecule is Cn1ncc(C(=O)O)c1COCc1ccccc1Br. The standard InChI is InChI=1S/C13H13BrN2O3/c1-16-12(10(6-15-16)13(17)18)8-19-7-9-4-2-3-5-11(9)14/h2-6H,7-8H2,1H3,(H,17,18). The highest BCUT2D eigenvalue weighted by Gasteiger charge is 2.14. The summed E-state index contributed by atoms with van der Waals surface area (Å²) >= 11 is 3.44. The minimum atomic E-state index is -0.993. The van der Waals surface area contributed by atoms with Gasteiger partial charge in [-0.25, -0.2) is 4.79 Å². The number of carboxylic acids is 1. The maximum atomic E-state index is 11.0. The summed E-state index contributed by atoms with van der Waals surface area (Å²) in [4.78, 5) is 11.0. The molecule has 0 aliphatic heterocycles. The summed E-state index contributed by atoms with van der Waals surface area (Å²) in [5.41, 5.74) is 1.75. The Balaban J connectivity index is 2.02. The minimum Gasteiger partial charge on any atom is -0.478 e. The van der Waals surface area contributed by atoms with Gasteiger partial charge in [0.05, 0.1) is 25.1 Å². The fourth-order valence-electron chi connectivity index (χ4n) is 1.69. The zero-order chi connectivity index (χ0) is 13.8. The second-order valence-corrected chi connectivity index (χ2v) is 4.87. The van der Waals surface area contributed by atoms with E-state index in [1.54, 1.807) is 7.05 Å². The lowest BCUT2D eigenvalue weighted by Gasteiger charge is -2.07. The Hall–Kier alpha value is -1.66. The van der Waals surface area contributed by atoms with Crippen LogP contribution in [0.4, 0.5) is 0 Å².